The van der Waals surface area contributed by atoms with E-state index in [9.17, 15) is 8.42 Å². The van der Waals surface area contributed by atoms with Crippen molar-refractivity contribution in [2.45, 2.75) is 16.6 Å². The van der Waals surface area contributed by atoms with Gasteiger partial charge in [-0.25, -0.2) is 8.42 Å². The van der Waals surface area contributed by atoms with E-state index in [1.165, 1.54) is 0 Å². The third-order valence-electron chi connectivity index (χ3n) is 2.63. The van der Waals surface area contributed by atoms with Gasteiger partial charge in [0.05, 0.1) is 10.1 Å². The van der Waals surface area contributed by atoms with E-state index >= 15 is 0 Å². The van der Waals surface area contributed by atoms with Gasteiger partial charge in [0.2, 0.25) is 0 Å². The summed E-state index contributed by atoms with van der Waals surface area (Å²) in [5.74, 6) is 0.167. The Morgan fingerprint density at radius 3 is 2.43 bits per heavy atom. The van der Waals surface area contributed by atoms with Crippen molar-refractivity contribution in [3.05, 3.63) is 30.3 Å². The first-order chi connectivity index (χ1) is 6.66. The third kappa shape index (κ3) is 1.55. The van der Waals surface area contributed by atoms with Gasteiger partial charge in [-0.2, -0.15) is 0 Å². The summed E-state index contributed by atoms with van der Waals surface area (Å²) >= 11 is 0. The first-order valence-corrected chi connectivity index (χ1v) is 6.20. The van der Waals surface area contributed by atoms with Gasteiger partial charge in [0.1, 0.15) is 0 Å². The maximum absolute atomic E-state index is 11.9. The highest BCUT2D eigenvalue weighted by Crippen LogP contribution is 2.39. The number of sulfone groups is 1. The molecular formula is C10H13NO2S. The average molecular weight is 211 g/mol. The second-order valence-corrected chi connectivity index (χ2v) is 5.79. The van der Waals surface area contributed by atoms with Crippen LogP contribution in [0.3, 0.4) is 0 Å². The van der Waals surface area contributed by atoms with E-state index in [4.69, 9.17) is 5.73 Å². The molecule has 1 fully saturated rings. The quantitative estimate of drug-likeness (QED) is 0.804. The zero-order valence-electron chi connectivity index (χ0n) is 7.76. The second kappa shape index (κ2) is 3.37. The molecule has 2 atom stereocenters. The highest BCUT2D eigenvalue weighted by molar-refractivity contribution is 7.92. The fourth-order valence-electron chi connectivity index (χ4n) is 1.63. The Labute approximate surface area is 83.9 Å². The molecule has 2 rings (SSSR count). The summed E-state index contributed by atoms with van der Waals surface area (Å²) in [5, 5.41) is -0.241. The molecule has 0 unspecified atom stereocenters. The van der Waals surface area contributed by atoms with Gasteiger partial charge in [-0.05, 0) is 31.0 Å². The maximum Gasteiger partial charge on any atom is 0.181 e. The van der Waals surface area contributed by atoms with Crippen molar-refractivity contribution >= 4 is 9.84 Å². The lowest BCUT2D eigenvalue weighted by Crippen LogP contribution is -2.13. The molecule has 1 aromatic rings. The Morgan fingerprint density at radius 2 is 1.93 bits per heavy atom. The van der Waals surface area contributed by atoms with E-state index in [2.05, 4.69) is 0 Å². The molecule has 0 saturated heterocycles. The van der Waals surface area contributed by atoms with Crippen LogP contribution in [0.5, 0.6) is 0 Å². The standard InChI is InChI=1S/C10H13NO2S/c11-7-8-6-10(8)14(12,13)9-4-2-1-3-5-9/h1-5,8,10H,6-7,11H2/t8-,10-/m1/s1. The Hall–Kier alpha value is -0.870. The lowest BCUT2D eigenvalue weighted by molar-refractivity contribution is 0.592. The Kier molecular flexibility index (Phi) is 2.33. The third-order valence-corrected chi connectivity index (χ3v) is 4.93. The fraction of sp³-hybridized carbons (Fsp3) is 0.400. The van der Waals surface area contributed by atoms with Crippen LogP contribution in [0, 0.1) is 5.92 Å². The zero-order chi connectivity index (χ0) is 10.2. The molecule has 0 radical (unpaired) electrons. The Balaban J connectivity index is 2.27. The lowest BCUT2D eigenvalue weighted by Gasteiger charge is -2.02. The molecular weight excluding hydrogens is 198 g/mol. The van der Waals surface area contributed by atoms with E-state index in [-0.39, 0.29) is 11.2 Å². The molecule has 0 bridgehead atoms. The van der Waals surface area contributed by atoms with Crippen molar-refractivity contribution in [1.82, 2.24) is 0 Å². The van der Waals surface area contributed by atoms with Gasteiger partial charge in [0, 0.05) is 0 Å². The first-order valence-electron chi connectivity index (χ1n) is 4.65. The second-order valence-electron chi connectivity index (χ2n) is 3.63. The average Bonchev–Trinajstić information content (AvgIpc) is 2.98. The Morgan fingerprint density at radius 1 is 1.29 bits per heavy atom. The van der Waals surface area contributed by atoms with Crippen LogP contribution in [0.25, 0.3) is 0 Å². The normalized spacial score (nSPS) is 26.1. The van der Waals surface area contributed by atoms with E-state index < -0.39 is 9.84 Å². The molecule has 4 heteroatoms. The highest BCUT2D eigenvalue weighted by atomic mass is 32.2. The number of nitrogens with two attached hydrogens (primary N) is 1. The van der Waals surface area contributed by atoms with E-state index in [1.54, 1.807) is 24.3 Å². The van der Waals surface area contributed by atoms with Crippen molar-refractivity contribution in [3.63, 3.8) is 0 Å². The van der Waals surface area contributed by atoms with Crippen molar-refractivity contribution in [2.75, 3.05) is 6.54 Å². The molecule has 76 valence electrons. The summed E-state index contributed by atoms with van der Waals surface area (Å²) in [6.07, 6.45) is 0.716. The zero-order valence-corrected chi connectivity index (χ0v) is 8.57. The SMILES string of the molecule is NC[C@H]1C[C@H]1S(=O)(=O)c1ccccc1. The van der Waals surface area contributed by atoms with E-state index in [0.29, 0.717) is 17.9 Å². The van der Waals surface area contributed by atoms with Gasteiger partial charge in [0.25, 0.3) is 0 Å². The van der Waals surface area contributed by atoms with Gasteiger partial charge in [-0.15, -0.1) is 0 Å². The van der Waals surface area contributed by atoms with E-state index in [1.807, 2.05) is 6.07 Å². The fourth-order valence-corrected chi connectivity index (χ4v) is 3.64. The van der Waals surface area contributed by atoms with Gasteiger partial charge < -0.3 is 5.73 Å². The first kappa shape index (κ1) is 9.68. The molecule has 0 aromatic heterocycles. The topological polar surface area (TPSA) is 60.2 Å². The summed E-state index contributed by atoms with van der Waals surface area (Å²) in [7, 11) is -3.11. The molecule has 2 N–H and O–H groups in total. The molecule has 0 heterocycles. The molecule has 0 amide bonds. The molecule has 1 aliphatic rings. The molecule has 1 aromatic carbocycles. The van der Waals surface area contributed by atoms with Gasteiger partial charge in [0.15, 0.2) is 9.84 Å². The maximum atomic E-state index is 11.9. The van der Waals surface area contributed by atoms with Crippen LogP contribution in [0.2, 0.25) is 0 Å². The number of hydrogen-bond donors (Lipinski definition) is 1. The van der Waals surface area contributed by atoms with Gasteiger partial charge in [-0.1, -0.05) is 18.2 Å². The minimum absolute atomic E-state index is 0.167. The van der Waals surface area contributed by atoms with Gasteiger partial charge in [-0.3, -0.25) is 0 Å². The minimum Gasteiger partial charge on any atom is -0.330 e. The van der Waals surface area contributed by atoms with Crippen molar-refractivity contribution in [3.8, 4) is 0 Å². The molecule has 0 aliphatic heterocycles. The van der Waals surface area contributed by atoms with Crippen molar-refractivity contribution in [1.29, 1.82) is 0 Å². The minimum atomic E-state index is -3.11. The van der Waals surface area contributed by atoms with Crippen LogP contribution in [-0.2, 0) is 9.84 Å². The Bertz CT molecular complexity index is 413. The van der Waals surface area contributed by atoms with Crippen molar-refractivity contribution in [2.24, 2.45) is 11.7 Å². The highest BCUT2D eigenvalue weighted by Gasteiger charge is 2.46. The van der Waals surface area contributed by atoms with Crippen LogP contribution in [0.15, 0.2) is 35.2 Å². The predicted octanol–water partition coefficient (Wildman–Crippen LogP) is 0.808. The molecule has 14 heavy (non-hydrogen) atoms. The van der Waals surface area contributed by atoms with Crippen LogP contribution >= 0.6 is 0 Å². The molecule has 0 spiro atoms. The van der Waals surface area contributed by atoms with Gasteiger partial charge >= 0.3 is 0 Å². The predicted molar refractivity (Wildman–Crippen MR) is 54.6 cm³/mol. The lowest BCUT2D eigenvalue weighted by atomic mass is 10.4. The number of hydrogen-bond acceptors (Lipinski definition) is 3. The summed E-state index contributed by atoms with van der Waals surface area (Å²) in [6, 6.07) is 8.58. The molecule has 3 nitrogen and oxygen atoms in total. The summed E-state index contributed by atoms with van der Waals surface area (Å²) in [6.45, 7) is 0.469. The van der Waals surface area contributed by atoms with E-state index in [0.717, 1.165) is 0 Å². The van der Waals surface area contributed by atoms with Crippen LogP contribution in [0.4, 0.5) is 0 Å². The summed E-state index contributed by atoms with van der Waals surface area (Å²) in [4.78, 5) is 0.418. The molecule has 1 saturated carbocycles. The molecule has 1 aliphatic carbocycles. The van der Waals surface area contributed by atoms with Crippen LogP contribution in [0.1, 0.15) is 6.42 Å². The smallest absolute Gasteiger partial charge is 0.181 e. The monoisotopic (exact) mass is 211 g/mol. The summed E-state index contributed by atoms with van der Waals surface area (Å²) in [5.41, 5.74) is 5.43. The summed E-state index contributed by atoms with van der Waals surface area (Å²) < 4.78 is 23.8. The van der Waals surface area contributed by atoms with Crippen LogP contribution in [-0.4, -0.2) is 20.2 Å². The number of benzene rings is 1. The number of rotatable bonds is 3. The van der Waals surface area contributed by atoms with Crippen LogP contribution < -0.4 is 5.73 Å². The van der Waals surface area contributed by atoms with Crippen molar-refractivity contribution < 1.29 is 8.42 Å². The largest absolute Gasteiger partial charge is 0.330 e.